The van der Waals surface area contributed by atoms with Gasteiger partial charge in [0.25, 0.3) is 0 Å². The number of carbonyl (C=O) groups is 1. The molecule has 0 bridgehead atoms. The van der Waals surface area contributed by atoms with Gasteiger partial charge in [-0.25, -0.2) is 10.4 Å². The summed E-state index contributed by atoms with van der Waals surface area (Å²) in [5, 5.41) is 4.23. The Kier molecular flexibility index (Phi) is 6.32. The van der Waals surface area contributed by atoms with Crippen molar-refractivity contribution in [1.29, 1.82) is 0 Å². The van der Waals surface area contributed by atoms with Gasteiger partial charge in [0, 0.05) is 30.0 Å². The Hall–Kier alpha value is -3.19. The molecule has 1 N–H and O–H groups in total. The highest BCUT2D eigenvalue weighted by atomic mass is 16.5. The van der Waals surface area contributed by atoms with Gasteiger partial charge in [-0.05, 0) is 49.5 Å². The predicted molar refractivity (Wildman–Crippen MR) is 121 cm³/mol. The normalized spacial score (nSPS) is 16.5. The Morgan fingerprint density at radius 1 is 1.13 bits per heavy atom. The minimum Gasteiger partial charge on any atom is -0.492 e. The molecule has 2 heterocycles. The summed E-state index contributed by atoms with van der Waals surface area (Å²) in [4.78, 5) is 18.4. The first-order valence-electron chi connectivity index (χ1n) is 10.8. The highest BCUT2D eigenvalue weighted by Gasteiger charge is 2.22. The third kappa shape index (κ3) is 4.77. The highest BCUT2D eigenvalue weighted by Crippen LogP contribution is 2.28. The summed E-state index contributed by atoms with van der Waals surface area (Å²) in [6.07, 6.45) is 0.432. The van der Waals surface area contributed by atoms with Gasteiger partial charge in [0.15, 0.2) is 5.58 Å². The minimum absolute atomic E-state index is 0.0558. The summed E-state index contributed by atoms with van der Waals surface area (Å²) in [6.45, 7) is 9.94. The van der Waals surface area contributed by atoms with Crippen LogP contribution in [0.15, 0.2) is 52.0 Å². The summed E-state index contributed by atoms with van der Waals surface area (Å²) < 4.78 is 11.9. The van der Waals surface area contributed by atoms with Crippen molar-refractivity contribution in [2.45, 2.75) is 27.2 Å². The molecule has 0 aliphatic carbocycles. The zero-order chi connectivity index (χ0) is 21.8. The van der Waals surface area contributed by atoms with E-state index in [4.69, 9.17) is 9.15 Å². The van der Waals surface area contributed by atoms with Crippen molar-refractivity contribution in [3.8, 4) is 17.2 Å². The van der Waals surface area contributed by atoms with Crippen molar-refractivity contribution < 1.29 is 13.9 Å². The second-order valence-electron chi connectivity index (χ2n) is 7.74. The monoisotopic (exact) mass is 420 g/mol. The highest BCUT2D eigenvalue weighted by molar-refractivity contribution is 6.07. The van der Waals surface area contributed by atoms with Gasteiger partial charge < -0.3 is 14.1 Å². The smallest absolute Gasteiger partial charge is 0.240 e. The first-order valence-corrected chi connectivity index (χ1v) is 10.8. The molecule has 7 nitrogen and oxygen atoms in total. The number of hydrogen-bond acceptors (Lipinski definition) is 6. The fourth-order valence-electron chi connectivity index (χ4n) is 3.74. The van der Waals surface area contributed by atoms with Crippen molar-refractivity contribution in [3.05, 3.63) is 48.0 Å². The molecular formula is C24H28N4O3. The number of rotatable bonds is 8. The van der Waals surface area contributed by atoms with Crippen LogP contribution in [0.4, 0.5) is 0 Å². The van der Waals surface area contributed by atoms with Gasteiger partial charge in [-0.15, -0.1) is 0 Å². The van der Waals surface area contributed by atoms with Crippen LogP contribution in [0, 0.1) is 5.92 Å². The van der Waals surface area contributed by atoms with Gasteiger partial charge in [0.2, 0.25) is 11.8 Å². The van der Waals surface area contributed by atoms with Crippen molar-refractivity contribution in [1.82, 2.24) is 15.3 Å². The number of aromatic nitrogens is 1. The summed E-state index contributed by atoms with van der Waals surface area (Å²) in [6, 6.07) is 13.6. The molecule has 1 aromatic heterocycles. The van der Waals surface area contributed by atoms with Crippen LogP contribution in [0.25, 0.3) is 22.6 Å². The van der Waals surface area contributed by atoms with E-state index in [2.05, 4.69) is 34.3 Å². The van der Waals surface area contributed by atoms with Crippen molar-refractivity contribution in [2.75, 3.05) is 26.2 Å². The SMILES string of the molecule is CCN(CC)CCOc1ccc(-c2nc3ccc(C4=NNC(=O)CC4C)cc3o2)cc1. The van der Waals surface area contributed by atoms with Gasteiger partial charge in [-0.1, -0.05) is 26.8 Å². The van der Waals surface area contributed by atoms with E-state index in [-0.39, 0.29) is 11.8 Å². The molecule has 3 aromatic rings. The molecule has 0 spiro atoms. The third-order valence-corrected chi connectivity index (χ3v) is 5.62. The van der Waals surface area contributed by atoms with Crippen LogP contribution in [0.5, 0.6) is 5.75 Å². The fourth-order valence-corrected chi connectivity index (χ4v) is 3.74. The van der Waals surface area contributed by atoms with Crippen LogP contribution < -0.4 is 10.2 Å². The van der Waals surface area contributed by atoms with Crippen molar-refractivity contribution >= 4 is 22.7 Å². The molecule has 1 atom stereocenters. The Morgan fingerprint density at radius 3 is 2.58 bits per heavy atom. The van der Waals surface area contributed by atoms with E-state index < -0.39 is 0 Å². The molecule has 4 rings (SSSR count). The molecule has 31 heavy (non-hydrogen) atoms. The molecule has 162 valence electrons. The van der Waals surface area contributed by atoms with E-state index in [9.17, 15) is 4.79 Å². The maximum atomic E-state index is 11.5. The average molecular weight is 421 g/mol. The van der Waals surface area contributed by atoms with E-state index in [1.54, 1.807) is 0 Å². The Bertz CT molecular complexity index is 1080. The fraction of sp³-hybridized carbons (Fsp3) is 0.375. The lowest BCUT2D eigenvalue weighted by atomic mass is 9.94. The van der Waals surface area contributed by atoms with Gasteiger partial charge >= 0.3 is 0 Å². The van der Waals surface area contributed by atoms with E-state index in [1.807, 2.05) is 49.4 Å². The lowest BCUT2D eigenvalue weighted by molar-refractivity contribution is -0.121. The molecule has 0 saturated heterocycles. The standard InChI is InChI=1S/C24H28N4O3/c1-4-28(5-2)12-13-30-19-9-6-17(7-10-19)24-25-20-11-8-18(15-21(20)31-24)23-16(3)14-22(29)26-27-23/h6-11,15-16H,4-5,12-14H2,1-3H3,(H,26,29). The molecular weight excluding hydrogens is 392 g/mol. The van der Waals surface area contributed by atoms with Crippen LogP contribution in [-0.2, 0) is 4.79 Å². The maximum Gasteiger partial charge on any atom is 0.240 e. The van der Waals surface area contributed by atoms with Crippen LogP contribution in [0.2, 0.25) is 0 Å². The maximum absolute atomic E-state index is 11.5. The lowest BCUT2D eigenvalue weighted by Crippen LogP contribution is -2.31. The zero-order valence-electron chi connectivity index (χ0n) is 18.2. The van der Waals surface area contributed by atoms with Gasteiger partial charge in [0.05, 0.1) is 5.71 Å². The number of benzene rings is 2. The number of amides is 1. The van der Waals surface area contributed by atoms with Crippen molar-refractivity contribution in [3.63, 3.8) is 0 Å². The van der Waals surface area contributed by atoms with E-state index in [1.165, 1.54) is 0 Å². The number of oxazole rings is 1. The average Bonchev–Trinajstić information content (AvgIpc) is 3.20. The molecule has 1 aliphatic heterocycles. The second-order valence-corrected chi connectivity index (χ2v) is 7.74. The topological polar surface area (TPSA) is 80.0 Å². The Labute approximate surface area is 182 Å². The van der Waals surface area contributed by atoms with Crippen LogP contribution >= 0.6 is 0 Å². The predicted octanol–water partition coefficient (Wildman–Crippen LogP) is 4.08. The van der Waals surface area contributed by atoms with E-state index in [0.717, 1.165) is 47.7 Å². The second kappa shape index (κ2) is 9.31. The number of hydrazone groups is 1. The minimum atomic E-state index is -0.0558. The number of nitrogens with one attached hydrogen (secondary N) is 1. The largest absolute Gasteiger partial charge is 0.492 e. The van der Waals surface area contributed by atoms with Crippen LogP contribution in [0.3, 0.4) is 0 Å². The first-order chi connectivity index (χ1) is 15.1. The molecule has 1 unspecified atom stereocenters. The molecule has 7 heteroatoms. The van der Waals surface area contributed by atoms with Gasteiger partial charge in [-0.3, -0.25) is 4.79 Å². The number of hydrogen-bond donors (Lipinski definition) is 1. The molecule has 1 aliphatic rings. The molecule has 0 fully saturated rings. The molecule has 0 saturated carbocycles. The number of likely N-dealkylation sites (N-methyl/N-ethyl adjacent to an activating group) is 1. The zero-order valence-corrected chi connectivity index (χ0v) is 18.2. The summed E-state index contributed by atoms with van der Waals surface area (Å²) >= 11 is 0. The molecule has 0 radical (unpaired) electrons. The number of nitrogens with zero attached hydrogens (tertiary/aromatic N) is 3. The number of ether oxygens (including phenoxy) is 1. The van der Waals surface area contributed by atoms with Crippen LogP contribution in [0.1, 0.15) is 32.8 Å². The van der Waals surface area contributed by atoms with Crippen molar-refractivity contribution in [2.24, 2.45) is 11.0 Å². The Morgan fingerprint density at radius 2 is 1.87 bits per heavy atom. The third-order valence-electron chi connectivity index (χ3n) is 5.62. The molecule has 1 amide bonds. The van der Waals surface area contributed by atoms with Crippen LogP contribution in [-0.4, -0.2) is 47.7 Å². The van der Waals surface area contributed by atoms with E-state index >= 15 is 0 Å². The quantitative estimate of drug-likeness (QED) is 0.594. The summed E-state index contributed by atoms with van der Waals surface area (Å²) in [7, 11) is 0. The van der Waals surface area contributed by atoms with Gasteiger partial charge in [-0.2, -0.15) is 5.10 Å². The number of carbonyl (C=O) groups excluding carboxylic acids is 1. The van der Waals surface area contributed by atoms with E-state index in [0.29, 0.717) is 24.5 Å². The lowest BCUT2D eigenvalue weighted by Gasteiger charge is -2.18. The Balaban J connectivity index is 1.48. The summed E-state index contributed by atoms with van der Waals surface area (Å²) in [5.41, 5.74) is 6.71. The summed E-state index contributed by atoms with van der Waals surface area (Å²) in [5.74, 6) is 1.40. The molecule has 2 aromatic carbocycles. The number of fused-ring (bicyclic) bond motifs is 1. The first kappa shape index (κ1) is 21.1. The van der Waals surface area contributed by atoms with Gasteiger partial charge in [0.1, 0.15) is 17.9 Å².